The third kappa shape index (κ3) is 35.2. The summed E-state index contributed by atoms with van der Waals surface area (Å²) in [5, 5.41) is 6.89. The van der Waals surface area contributed by atoms with E-state index in [0.29, 0.717) is 0 Å². The van der Waals surface area contributed by atoms with Crippen molar-refractivity contribution in [2.75, 3.05) is 0 Å². The predicted octanol–water partition coefficient (Wildman–Crippen LogP) is 2.64. The smallest absolute Gasteiger partial charge is 0.290 e. The first-order valence-corrected chi connectivity index (χ1v) is 4.70. The monoisotopic (exact) mass is 188 g/mol. The first-order chi connectivity index (χ1) is 6.15. The van der Waals surface area contributed by atoms with Crippen LogP contribution in [0.25, 0.3) is 0 Å². The van der Waals surface area contributed by atoms with Crippen molar-refractivity contribution in [3.8, 4) is 0 Å². The summed E-state index contributed by atoms with van der Waals surface area (Å²) in [6, 6.07) is 0. The molecule has 1 rings (SSSR count). The van der Waals surface area contributed by atoms with Gasteiger partial charge in [0.25, 0.3) is 6.47 Å². The van der Waals surface area contributed by atoms with Crippen molar-refractivity contribution in [3.05, 3.63) is 0 Å². The van der Waals surface area contributed by atoms with Gasteiger partial charge in [0.2, 0.25) is 0 Å². The van der Waals surface area contributed by atoms with Gasteiger partial charge in [0, 0.05) is 0 Å². The maximum Gasteiger partial charge on any atom is 0.290 e. The van der Waals surface area contributed by atoms with E-state index in [1.54, 1.807) is 0 Å². The average molecular weight is 188 g/mol. The van der Waals surface area contributed by atoms with Crippen LogP contribution in [0.2, 0.25) is 0 Å². The fourth-order valence-corrected chi connectivity index (χ4v) is 1.06. The van der Waals surface area contributed by atoms with E-state index in [0.717, 1.165) is 0 Å². The number of ketones is 1. The maximum atomic E-state index is 9.44. The minimum atomic E-state index is -0.250. The van der Waals surface area contributed by atoms with E-state index >= 15 is 0 Å². The summed E-state index contributed by atoms with van der Waals surface area (Å²) in [5.41, 5.74) is 0. The molecule has 0 aromatic heterocycles. The number of rotatable bonds is 0. The average Bonchev–Trinajstić information content (AvgIpc) is 2.08. The Kier molecular flexibility index (Phi) is 15.5. The number of carboxylic acid groups (broad SMARTS) is 1. The standard InChI is InChI=1S/C6H12.C3H6O.CH2O2/c1-2-4-6-5-3-1;1-3(2)4;2-1-3/h1-6H2;1-2H3;1H,(H,2,3). The molecule has 13 heavy (non-hydrogen) atoms. The molecular formula is C10H20O3. The van der Waals surface area contributed by atoms with Crippen LogP contribution < -0.4 is 0 Å². The van der Waals surface area contributed by atoms with E-state index in [9.17, 15) is 4.79 Å². The van der Waals surface area contributed by atoms with Crippen LogP contribution in [0.15, 0.2) is 0 Å². The number of Topliss-reactive ketones (excluding diaryl/α,β-unsaturated/α-hetero) is 1. The molecule has 0 amide bonds. The Morgan fingerprint density at radius 2 is 1.08 bits per heavy atom. The van der Waals surface area contributed by atoms with Gasteiger partial charge in [-0.25, -0.2) is 0 Å². The van der Waals surface area contributed by atoms with E-state index in [1.807, 2.05) is 0 Å². The third-order valence-corrected chi connectivity index (χ3v) is 1.50. The molecule has 78 valence electrons. The predicted molar refractivity (Wildman–Crippen MR) is 52.7 cm³/mol. The zero-order valence-electron chi connectivity index (χ0n) is 8.58. The Balaban J connectivity index is 0. The summed E-state index contributed by atoms with van der Waals surface area (Å²) in [4.78, 5) is 17.8. The first-order valence-electron chi connectivity index (χ1n) is 4.70. The SMILES string of the molecule is C1CCCCC1.CC(C)=O.O=CO. The molecule has 0 saturated heterocycles. The molecular weight excluding hydrogens is 168 g/mol. The minimum Gasteiger partial charge on any atom is -0.483 e. The summed E-state index contributed by atoms with van der Waals surface area (Å²) in [7, 11) is 0. The van der Waals surface area contributed by atoms with Crippen LogP contribution in [0, 0.1) is 0 Å². The molecule has 0 aromatic carbocycles. The molecule has 1 fully saturated rings. The zero-order chi connectivity index (χ0) is 10.5. The zero-order valence-corrected chi connectivity index (χ0v) is 8.58. The second-order valence-electron chi connectivity index (χ2n) is 3.13. The van der Waals surface area contributed by atoms with Crippen LogP contribution in [-0.2, 0) is 9.59 Å². The van der Waals surface area contributed by atoms with Gasteiger partial charge in [-0.3, -0.25) is 4.79 Å². The molecule has 1 saturated carbocycles. The van der Waals surface area contributed by atoms with Crippen molar-refractivity contribution < 1.29 is 14.7 Å². The van der Waals surface area contributed by atoms with Crippen LogP contribution >= 0.6 is 0 Å². The molecule has 0 unspecified atom stereocenters. The summed E-state index contributed by atoms with van der Waals surface area (Å²) in [6.07, 6.45) is 9.00. The molecule has 3 heteroatoms. The van der Waals surface area contributed by atoms with Gasteiger partial charge in [0.1, 0.15) is 5.78 Å². The number of carbonyl (C=O) groups is 2. The lowest BCUT2D eigenvalue weighted by Crippen LogP contribution is -1.85. The quantitative estimate of drug-likeness (QED) is 0.594. The van der Waals surface area contributed by atoms with Crippen LogP contribution in [0.3, 0.4) is 0 Å². The fourth-order valence-electron chi connectivity index (χ4n) is 1.06. The van der Waals surface area contributed by atoms with E-state index in [-0.39, 0.29) is 12.3 Å². The van der Waals surface area contributed by atoms with Crippen molar-refractivity contribution in [3.63, 3.8) is 0 Å². The van der Waals surface area contributed by atoms with Gasteiger partial charge in [-0.2, -0.15) is 0 Å². The topological polar surface area (TPSA) is 54.4 Å². The van der Waals surface area contributed by atoms with Gasteiger partial charge < -0.3 is 9.90 Å². The Morgan fingerprint density at radius 1 is 1.00 bits per heavy atom. The minimum absolute atomic E-state index is 0.167. The highest BCUT2D eigenvalue weighted by Gasteiger charge is 1.95. The van der Waals surface area contributed by atoms with Crippen molar-refractivity contribution in [2.24, 2.45) is 0 Å². The largest absolute Gasteiger partial charge is 0.483 e. The Bertz CT molecular complexity index is 102. The summed E-state index contributed by atoms with van der Waals surface area (Å²) in [6.45, 7) is 2.81. The fraction of sp³-hybridized carbons (Fsp3) is 0.800. The summed E-state index contributed by atoms with van der Waals surface area (Å²) >= 11 is 0. The highest BCUT2D eigenvalue weighted by atomic mass is 16.3. The molecule has 0 aliphatic heterocycles. The number of hydrogen-bond acceptors (Lipinski definition) is 2. The van der Waals surface area contributed by atoms with Crippen molar-refractivity contribution in [1.82, 2.24) is 0 Å². The van der Waals surface area contributed by atoms with E-state index < -0.39 is 0 Å². The van der Waals surface area contributed by atoms with E-state index in [1.165, 1.54) is 52.4 Å². The highest BCUT2D eigenvalue weighted by Crippen LogP contribution is 2.15. The molecule has 3 nitrogen and oxygen atoms in total. The van der Waals surface area contributed by atoms with Crippen LogP contribution in [-0.4, -0.2) is 17.4 Å². The molecule has 0 bridgehead atoms. The van der Waals surface area contributed by atoms with Gasteiger partial charge in [-0.1, -0.05) is 38.5 Å². The van der Waals surface area contributed by atoms with E-state index in [4.69, 9.17) is 9.90 Å². The molecule has 0 heterocycles. The van der Waals surface area contributed by atoms with Crippen molar-refractivity contribution in [2.45, 2.75) is 52.4 Å². The van der Waals surface area contributed by atoms with Crippen LogP contribution in [0.5, 0.6) is 0 Å². The van der Waals surface area contributed by atoms with Crippen LogP contribution in [0.1, 0.15) is 52.4 Å². The van der Waals surface area contributed by atoms with Crippen molar-refractivity contribution >= 4 is 12.3 Å². The molecule has 0 radical (unpaired) electrons. The summed E-state index contributed by atoms with van der Waals surface area (Å²) in [5.74, 6) is 0.167. The Morgan fingerprint density at radius 3 is 1.15 bits per heavy atom. The van der Waals surface area contributed by atoms with Gasteiger partial charge in [0.05, 0.1) is 0 Å². The first kappa shape index (κ1) is 14.7. The molecule has 0 atom stereocenters. The molecule has 1 aliphatic carbocycles. The molecule has 1 N–H and O–H groups in total. The van der Waals surface area contributed by atoms with Gasteiger partial charge >= 0.3 is 0 Å². The van der Waals surface area contributed by atoms with Gasteiger partial charge in [-0.15, -0.1) is 0 Å². The molecule has 1 aliphatic rings. The maximum absolute atomic E-state index is 9.44. The third-order valence-electron chi connectivity index (χ3n) is 1.50. The van der Waals surface area contributed by atoms with E-state index in [2.05, 4.69) is 0 Å². The molecule has 0 aromatic rings. The lowest BCUT2D eigenvalue weighted by molar-refractivity contribution is -0.123. The second kappa shape index (κ2) is 13.7. The summed E-state index contributed by atoms with van der Waals surface area (Å²) < 4.78 is 0. The second-order valence-corrected chi connectivity index (χ2v) is 3.13. The highest BCUT2D eigenvalue weighted by molar-refractivity contribution is 5.72. The molecule has 0 spiro atoms. The lowest BCUT2D eigenvalue weighted by Gasteiger charge is -2.05. The number of hydrogen-bond donors (Lipinski definition) is 1. The Hall–Kier alpha value is -0.860. The van der Waals surface area contributed by atoms with Crippen molar-refractivity contribution in [1.29, 1.82) is 0 Å². The lowest BCUT2D eigenvalue weighted by atomic mass is 10.0. The number of carbonyl (C=O) groups excluding carboxylic acids is 1. The van der Waals surface area contributed by atoms with Gasteiger partial charge in [-0.05, 0) is 13.8 Å². The van der Waals surface area contributed by atoms with Crippen LogP contribution in [0.4, 0.5) is 0 Å². The van der Waals surface area contributed by atoms with Gasteiger partial charge in [0.15, 0.2) is 0 Å². The Labute approximate surface area is 80.1 Å². The normalized spacial score (nSPS) is 14.0.